The van der Waals surface area contributed by atoms with Crippen molar-refractivity contribution >= 4 is 21.8 Å². The van der Waals surface area contributed by atoms with Gasteiger partial charge in [0.1, 0.15) is 13.2 Å². The molecule has 5 nitrogen and oxygen atoms in total. The van der Waals surface area contributed by atoms with Gasteiger partial charge >= 0.3 is 0 Å². The molecule has 2 aliphatic heterocycles. The lowest BCUT2D eigenvalue weighted by Gasteiger charge is -2.22. The lowest BCUT2D eigenvalue weighted by molar-refractivity contribution is -0.122. The van der Waals surface area contributed by atoms with Crippen LogP contribution in [0.3, 0.4) is 0 Å². The van der Waals surface area contributed by atoms with Crippen LogP contribution in [0.2, 0.25) is 0 Å². The molecular formula is C17H22BrNO4. The van der Waals surface area contributed by atoms with Gasteiger partial charge in [0.25, 0.3) is 0 Å². The van der Waals surface area contributed by atoms with Gasteiger partial charge in [-0.05, 0) is 43.9 Å². The lowest BCUT2D eigenvalue weighted by atomic mass is 10.1. The van der Waals surface area contributed by atoms with Gasteiger partial charge in [0, 0.05) is 17.5 Å². The molecule has 1 aromatic rings. The van der Waals surface area contributed by atoms with Gasteiger partial charge in [0.05, 0.1) is 12.1 Å². The van der Waals surface area contributed by atoms with Gasteiger partial charge < -0.3 is 19.5 Å². The van der Waals surface area contributed by atoms with Gasteiger partial charge in [-0.15, -0.1) is 0 Å². The minimum atomic E-state index is -0.0998. The first-order valence-corrected chi connectivity index (χ1v) is 8.93. The smallest absolute Gasteiger partial charge is 0.220 e. The van der Waals surface area contributed by atoms with E-state index in [9.17, 15) is 4.79 Å². The highest BCUT2D eigenvalue weighted by Crippen LogP contribution is 2.37. The summed E-state index contributed by atoms with van der Waals surface area (Å²) in [5.74, 6) is 1.52. The zero-order chi connectivity index (χ0) is 16.2. The molecule has 0 saturated carbocycles. The molecule has 0 unspecified atom stereocenters. The van der Waals surface area contributed by atoms with Crippen LogP contribution >= 0.6 is 15.9 Å². The van der Waals surface area contributed by atoms with E-state index in [4.69, 9.17) is 14.2 Å². The standard InChI is InChI=1S/C17H22BrNO4/c1-11(19-17(20)5-4-12-3-2-6-21-12)13-9-15-16(10-14(13)18)23-8-7-22-15/h9-12H,2-8H2,1H3,(H,19,20)/t11-,12-/m0/s1. The van der Waals surface area contributed by atoms with E-state index in [1.165, 1.54) is 0 Å². The van der Waals surface area contributed by atoms with Crippen molar-refractivity contribution in [1.29, 1.82) is 0 Å². The van der Waals surface area contributed by atoms with Gasteiger partial charge in [-0.3, -0.25) is 4.79 Å². The molecule has 3 rings (SSSR count). The molecule has 2 atom stereocenters. The topological polar surface area (TPSA) is 56.8 Å². The van der Waals surface area contributed by atoms with E-state index < -0.39 is 0 Å². The largest absolute Gasteiger partial charge is 0.486 e. The number of hydrogen-bond acceptors (Lipinski definition) is 4. The maximum atomic E-state index is 12.1. The van der Waals surface area contributed by atoms with Crippen molar-refractivity contribution < 1.29 is 19.0 Å². The maximum Gasteiger partial charge on any atom is 0.220 e. The van der Waals surface area contributed by atoms with Gasteiger partial charge in [0.2, 0.25) is 5.91 Å². The number of halogens is 1. The zero-order valence-corrected chi connectivity index (χ0v) is 14.9. The van der Waals surface area contributed by atoms with Crippen molar-refractivity contribution in [2.45, 2.75) is 44.8 Å². The van der Waals surface area contributed by atoms with E-state index in [0.29, 0.717) is 19.6 Å². The SMILES string of the molecule is C[C@H](NC(=O)CC[C@@H]1CCCO1)c1cc2c(cc1Br)OCCO2. The van der Waals surface area contributed by atoms with Crippen LogP contribution in [0.4, 0.5) is 0 Å². The second-order valence-electron chi connectivity index (χ2n) is 5.98. The maximum absolute atomic E-state index is 12.1. The van der Waals surface area contributed by atoms with E-state index in [2.05, 4.69) is 21.2 Å². The minimum absolute atomic E-state index is 0.0507. The van der Waals surface area contributed by atoms with Crippen LogP contribution in [-0.2, 0) is 9.53 Å². The van der Waals surface area contributed by atoms with Crippen LogP contribution < -0.4 is 14.8 Å². The predicted molar refractivity (Wildman–Crippen MR) is 89.9 cm³/mol. The minimum Gasteiger partial charge on any atom is -0.486 e. The fraction of sp³-hybridized carbons (Fsp3) is 0.588. The first-order chi connectivity index (χ1) is 11.1. The lowest BCUT2D eigenvalue weighted by Crippen LogP contribution is -2.27. The Morgan fingerprint density at radius 3 is 2.74 bits per heavy atom. The summed E-state index contributed by atoms with van der Waals surface area (Å²) in [7, 11) is 0. The third kappa shape index (κ3) is 4.18. The van der Waals surface area contributed by atoms with Crippen LogP contribution in [0.25, 0.3) is 0 Å². The second-order valence-corrected chi connectivity index (χ2v) is 6.83. The molecule has 0 bridgehead atoms. The molecule has 1 N–H and O–H groups in total. The number of fused-ring (bicyclic) bond motifs is 1. The Kier molecular flexibility index (Phi) is 5.43. The van der Waals surface area contributed by atoms with Crippen LogP contribution in [-0.4, -0.2) is 31.8 Å². The third-order valence-corrected chi connectivity index (χ3v) is 4.91. The van der Waals surface area contributed by atoms with E-state index >= 15 is 0 Å². The second kappa shape index (κ2) is 7.53. The number of hydrogen-bond donors (Lipinski definition) is 1. The van der Waals surface area contributed by atoms with Gasteiger partial charge in [-0.25, -0.2) is 0 Å². The van der Waals surface area contributed by atoms with Crippen molar-refractivity contribution in [2.24, 2.45) is 0 Å². The Morgan fingerprint density at radius 2 is 2.04 bits per heavy atom. The summed E-state index contributed by atoms with van der Waals surface area (Å²) < 4.78 is 17.6. The summed E-state index contributed by atoms with van der Waals surface area (Å²) in [4.78, 5) is 12.1. The molecule has 1 fully saturated rings. The van der Waals surface area contributed by atoms with Gasteiger partial charge in [-0.1, -0.05) is 15.9 Å². The molecule has 0 aromatic heterocycles. The molecule has 0 radical (unpaired) electrons. The summed E-state index contributed by atoms with van der Waals surface area (Å²) in [5, 5.41) is 3.05. The van der Waals surface area contributed by atoms with Crippen LogP contribution in [0, 0.1) is 0 Å². The Bertz CT molecular complexity index is 572. The monoisotopic (exact) mass is 383 g/mol. The number of ether oxygens (including phenoxy) is 3. The molecule has 1 saturated heterocycles. The third-order valence-electron chi connectivity index (χ3n) is 4.22. The van der Waals surface area contributed by atoms with Crippen molar-refractivity contribution in [3.8, 4) is 11.5 Å². The van der Waals surface area contributed by atoms with Crippen LogP contribution in [0.15, 0.2) is 16.6 Å². The zero-order valence-electron chi connectivity index (χ0n) is 13.3. The van der Waals surface area contributed by atoms with Crippen molar-refractivity contribution in [3.05, 3.63) is 22.2 Å². The molecule has 2 aliphatic rings. The van der Waals surface area contributed by atoms with Gasteiger partial charge in [0.15, 0.2) is 11.5 Å². The van der Waals surface area contributed by atoms with E-state index in [0.717, 1.165) is 47.4 Å². The number of benzene rings is 1. The molecule has 23 heavy (non-hydrogen) atoms. The summed E-state index contributed by atoms with van der Waals surface area (Å²) >= 11 is 3.55. The fourth-order valence-electron chi connectivity index (χ4n) is 2.97. The Balaban J connectivity index is 1.58. The molecule has 126 valence electrons. The molecule has 6 heteroatoms. The Hall–Kier alpha value is -1.27. The van der Waals surface area contributed by atoms with Crippen molar-refractivity contribution in [2.75, 3.05) is 19.8 Å². The molecular weight excluding hydrogens is 362 g/mol. The quantitative estimate of drug-likeness (QED) is 0.846. The first-order valence-electron chi connectivity index (χ1n) is 8.13. The Morgan fingerprint density at radius 1 is 1.30 bits per heavy atom. The fourth-order valence-corrected chi connectivity index (χ4v) is 3.63. The van der Waals surface area contributed by atoms with Gasteiger partial charge in [-0.2, -0.15) is 0 Å². The van der Waals surface area contributed by atoms with E-state index in [-0.39, 0.29) is 18.1 Å². The molecule has 1 amide bonds. The van der Waals surface area contributed by atoms with E-state index in [1.54, 1.807) is 0 Å². The molecule has 2 heterocycles. The summed E-state index contributed by atoms with van der Waals surface area (Å²) in [6, 6.07) is 3.74. The summed E-state index contributed by atoms with van der Waals surface area (Å²) in [6.07, 6.45) is 3.71. The number of carbonyl (C=O) groups is 1. The molecule has 1 aromatic carbocycles. The Labute approximate surface area is 144 Å². The number of nitrogens with one attached hydrogen (secondary N) is 1. The number of amides is 1. The van der Waals surface area contributed by atoms with E-state index in [1.807, 2.05) is 19.1 Å². The van der Waals surface area contributed by atoms with Crippen LogP contribution in [0.5, 0.6) is 11.5 Å². The summed E-state index contributed by atoms with van der Waals surface area (Å²) in [6.45, 7) is 3.91. The van der Waals surface area contributed by atoms with Crippen LogP contribution in [0.1, 0.15) is 44.2 Å². The first kappa shape index (κ1) is 16.6. The number of rotatable bonds is 5. The van der Waals surface area contributed by atoms with Crippen molar-refractivity contribution in [1.82, 2.24) is 5.32 Å². The highest BCUT2D eigenvalue weighted by atomic mass is 79.9. The van der Waals surface area contributed by atoms with Crippen molar-refractivity contribution in [3.63, 3.8) is 0 Å². The summed E-state index contributed by atoms with van der Waals surface area (Å²) in [5.41, 5.74) is 0.986. The average molecular weight is 384 g/mol. The number of carbonyl (C=O) groups excluding carboxylic acids is 1. The highest BCUT2D eigenvalue weighted by Gasteiger charge is 2.20. The average Bonchev–Trinajstić information content (AvgIpc) is 3.05. The molecule has 0 spiro atoms. The normalized spacial score (nSPS) is 21.0. The predicted octanol–water partition coefficient (Wildman–Crippen LogP) is 3.36. The molecule has 0 aliphatic carbocycles. The highest BCUT2D eigenvalue weighted by molar-refractivity contribution is 9.10.